The summed E-state index contributed by atoms with van der Waals surface area (Å²) in [7, 11) is 0. The molecule has 146 valence electrons. The maximum Gasteiger partial charge on any atom is 0.270 e. The number of carbonyl (C=O) groups is 1. The largest absolute Gasteiger partial charge is 0.483 e. The minimum Gasteiger partial charge on any atom is -0.483 e. The smallest absolute Gasteiger partial charge is 0.270 e. The van der Waals surface area contributed by atoms with Gasteiger partial charge in [0.25, 0.3) is 11.5 Å². The lowest BCUT2D eigenvalue weighted by atomic mass is 10.1. The van der Waals surface area contributed by atoms with Crippen LogP contribution in [0.25, 0.3) is 11.3 Å². The number of ether oxygens (including phenoxy) is 1. The van der Waals surface area contributed by atoms with Crippen LogP contribution in [0.4, 0.5) is 5.69 Å². The van der Waals surface area contributed by atoms with Gasteiger partial charge in [0.1, 0.15) is 23.1 Å². The van der Waals surface area contributed by atoms with E-state index in [0.717, 1.165) is 5.56 Å². The topological polar surface area (TPSA) is 108 Å². The molecule has 0 unspecified atom stereocenters. The van der Waals surface area contributed by atoms with Crippen molar-refractivity contribution in [3.8, 4) is 23.1 Å². The number of anilines is 1. The molecular formula is C21H18N4O3S. The Kier molecular flexibility index (Phi) is 6.32. The van der Waals surface area contributed by atoms with E-state index in [1.165, 1.54) is 11.8 Å². The van der Waals surface area contributed by atoms with Gasteiger partial charge in [-0.3, -0.25) is 9.59 Å². The molecule has 0 saturated carbocycles. The number of para-hydroxylation sites is 2. The molecule has 8 heteroatoms. The molecule has 0 spiro atoms. The molecule has 3 rings (SSSR count). The van der Waals surface area contributed by atoms with E-state index in [1.807, 2.05) is 37.3 Å². The lowest BCUT2D eigenvalue weighted by Gasteiger charge is -2.13. The van der Waals surface area contributed by atoms with Gasteiger partial charge in [-0.15, -0.1) is 0 Å². The molecule has 2 aromatic carbocycles. The molecule has 29 heavy (non-hydrogen) atoms. The SMILES string of the molecule is CSc1nc(-c2ccccc2OCC(=O)Nc2ccccc2C)c(C#N)c(=O)[nH]1. The summed E-state index contributed by atoms with van der Waals surface area (Å²) in [5.41, 5.74) is 1.71. The number of benzene rings is 2. The van der Waals surface area contributed by atoms with Crippen LogP contribution >= 0.6 is 11.8 Å². The highest BCUT2D eigenvalue weighted by Gasteiger charge is 2.17. The van der Waals surface area contributed by atoms with E-state index in [0.29, 0.717) is 22.2 Å². The summed E-state index contributed by atoms with van der Waals surface area (Å²) in [6, 6.07) is 16.2. The van der Waals surface area contributed by atoms with Gasteiger partial charge in [0.2, 0.25) is 0 Å². The van der Waals surface area contributed by atoms with Gasteiger partial charge in [-0.05, 0) is 36.9 Å². The molecule has 1 aromatic heterocycles. The molecule has 0 aliphatic carbocycles. The van der Waals surface area contributed by atoms with Crippen molar-refractivity contribution in [2.45, 2.75) is 12.1 Å². The van der Waals surface area contributed by atoms with E-state index in [4.69, 9.17) is 4.74 Å². The number of carbonyl (C=O) groups excluding carboxylic acids is 1. The Hall–Kier alpha value is -3.57. The maximum absolute atomic E-state index is 12.3. The summed E-state index contributed by atoms with van der Waals surface area (Å²) >= 11 is 1.26. The second kappa shape index (κ2) is 9.08. The first-order chi connectivity index (χ1) is 14.0. The summed E-state index contributed by atoms with van der Waals surface area (Å²) in [6.07, 6.45) is 1.77. The molecule has 0 saturated heterocycles. The third-order valence-corrected chi connectivity index (χ3v) is 4.70. The number of aromatic nitrogens is 2. The molecule has 0 aliphatic rings. The van der Waals surface area contributed by atoms with E-state index in [2.05, 4.69) is 15.3 Å². The fraction of sp³-hybridized carbons (Fsp3) is 0.143. The number of H-pyrrole nitrogens is 1. The molecule has 7 nitrogen and oxygen atoms in total. The average molecular weight is 406 g/mol. The van der Waals surface area contributed by atoms with Gasteiger partial charge in [0.15, 0.2) is 11.8 Å². The van der Waals surface area contributed by atoms with Crippen molar-refractivity contribution in [1.82, 2.24) is 9.97 Å². The highest BCUT2D eigenvalue weighted by molar-refractivity contribution is 7.98. The zero-order valence-electron chi connectivity index (χ0n) is 15.9. The molecule has 0 radical (unpaired) electrons. The fourth-order valence-corrected chi connectivity index (χ4v) is 3.06. The van der Waals surface area contributed by atoms with Gasteiger partial charge in [-0.1, -0.05) is 42.1 Å². The van der Waals surface area contributed by atoms with Crippen molar-refractivity contribution < 1.29 is 9.53 Å². The minimum atomic E-state index is -0.519. The van der Waals surface area contributed by atoms with E-state index >= 15 is 0 Å². The van der Waals surface area contributed by atoms with E-state index in [9.17, 15) is 14.9 Å². The first-order valence-corrected chi connectivity index (χ1v) is 9.92. The first kappa shape index (κ1) is 20.2. The highest BCUT2D eigenvalue weighted by atomic mass is 32.2. The number of amides is 1. The Labute approximate surface area is 171 Å². The summed E-state index contributed by atoms with van der Waals surface area (Å²) < 4.78 is 5.70. The van der Waals surface area contributed by atoms with Gasteiger partial charge in [0, 0.05) is 11.3 Å². The number of aryl methyl sites for hydroxylation is 1. The predicted octanol–water partition coefficient (Wildman–Crippen LogP) is 3.36. The maximum atomic E-state index is 12.3. The van der Waals surface area contributed by atoms with Crippen LogP contribution in [0.15, 0.2) is 58.5 Å². The first-order valence-electron chi connectivity index (χ1n) is 8.69. The van der Waals surface area contributed by atoms with Crippen LogP contribution in [-0.2, 0) is 4.79 Å². The second-order valence-corrected chi connectivity index (χ2v) is 6.85. The second-order valence-electron chi connectivity index (χ2n) is 6.06. The Bertz CT molecular complexity index is 1150. The standard InChI is InChI=1S/C21H18N4O3S/c1-13-7-3-5-9-16(13)23-18(26)12-28-17-10-6-4-8-14(17)19-15(11-22)20(27)25-21(24-19)29-2/h3-10H,12H2,1-2H3,(H,23,26)(H,24,25,27). The Morgan fingerprint density at radius 3 is 2.69 bits per heavy atom. The van der Waals surface area contributed by atoms with Crippen LogP contribution in [0.1, 0.15) is 11.1 Å². The monoisotopic (exact) mass is 406 g/mol. The predicted molar refractivity (Wildman–Crippen MR) is 112 cm³/mol. The third kappa shape index (κ3) is 4.65. The van der Waals surface area contributed by atoms with Crippen LogP contribution in [0.3, 0.4) is 0 Å². The molecule has 0 aliphatic heterocycles. The molecule has 0 atom stereocenters. The average Bonchev–Trinajstić information content (AvgIpc) is 2.73. The molecular weight excluding hydrogens is 388 g/mol. The number of nitrogens with one attached hydrogen (secondary N) is 2. The van der Waals surface area contributed by atoms with Gasteiger partial charge in [-0.25, -0.2) is 4.98 Å². The number of hydrogen-bond acceptors (Lipinski definition) is 6. The van der Waals surface area contributed by atoms with Gasteiger partial charge < -0.3 is 15.0 Å². The van der Waals surface area contributed by atoms with Crippen molar-refractivity contribution in [1.29, 1.82) is 5.26 Å². The lowest BCUT2D eigenvalue weighted by Crippen LogP contribution is -2.21. The molecule has 2 N–H and O–H groups in total. The summed E-state index contributed by atoms with van der Waals surface area (Å²) in [6.45, 7) is 1.67. The Morgan fingerprint density at radius 2 is 1.97 bits per heavy atom. The Morgan fingerprint density at radius 1 is 1.24 bits per heavy atom. The number of thioether (sulfide) groups is 1. The van der Waals surface area contributed by atoms with Crippen LogP contribution in [0.5, 0.6) is 5.75 Å². The molecule has 1 amide bonds. The van der Waals surface area contributed by atoms with Crippen LogP contribution < -0.4 is 15.6 Å². The fourth-order valence-electron chi connectivity index (χ4n) is 2.68. The number of nitrogens with zero attached hydrogens (tertiary/aromatic N) is 2. The van der Waals surface area contributed by atoms with E-state index < -0.39 is 5.56 Å². The number of nitriles is 1. The lowest BCUT2D eigenvalue weighted by molar-refractivity contribution is -0.118. The van der Waals surface area contributed by atoms with Crippen molar-refractivity contribution in [3.05, 3.63) is 70.0 Å². The Balaban J connectivity index is 1.86. The van der Waals surface area contributed by atoms with Crippen molar-refractivity contribution >= 4 is 23.4 Å². The zero-order valence-corrected chi connectivity index (χ0v) is 16.7. The van der Waals surface area contributed by atoms with Crippen LogP contribution in [0.2, 0.25) is 0 Å². The quantitative estimate of drug-likeness (QED) is 0.480. The van der Waals surface area contributed by atoms with Gasteiger partial charge in [-0.2, -0.15) is 5.26 Å². The molecule has 0 bridgehead atoms. The normalized spacial score (nSPS) is 10.2. The van der Waals surface area contributed by atoms with Crippen molar-refractivity contribution in [2.24, 2.45) is 0 Å². The van der Waals surface area contributed by atoms with Crippen molar-refractivity contribution in [2.75, 3.05) is 18.2 Å². The van der Waals surface area contributed by atoms with Crippen LogP contribution in [-0.4, -0.2) is 28.7 Å². The van der Waals surface area contributed by atoms with Crippen LogP contribution in [0, 0.1) is 18.3 Å². The zero-order chi connectivity index (χ0) is 20.8. The summed E-state index contributed by atoms with van der Waals surface area (Å²) in [5.74, 6) is 0.0346. The number of hydrogen-bond donors (Lipinski definition) is 2. The summed E-state index contributed by atoms with van der Waals surface area (Å²) in [5, 5.41) is 12.6. The van der Waals surface area contributed by atoms with E-state index in [-0.39, 0.29) is 23.8 Å². The minimum absolute atomic E-state index is 0.108. The number of rotatable bonds is 6. The highest BCUT2D eigenvalue weighted by Crippen LogP contribution is 2.30. The number of aromatic amines is 1. The van der Waals surface area contributed by atoms with E-state index in [1.54, 1.807) is 30.5 Å². The van der Waals surface area contributed by atoms with Gasteiger partial charge >= 0.3 is 0 Å². The summed E-state index contributed by atoms with van der Waals surface area (Å²) in [4.78, 5) is 31.4. The molecule has 1 heterocycles. The molecule has 0 fully saturated rings. The van der Waals surface area contributed by atoms with Crippen molar-refractivity contribution in [3.63, 3.8) is 0 Å². The molecule has 3 aromatic rings. The third-order valence-electron chi connectivity index (χ3n) is 4.12. The van der Waals surface area contributed by atoms with Gasteiger partial charge in [0.05, 0.1) is 0 Å².